The van der Waals surface area contributed by atoms with Crippen LogP contribution < -0.4 is 5.32 Å². The highest BCUT2D eigenvalue weighted by molar-refractivity contribution is 5.79. The molecule has 0 heterocycles. The van der Waals surface area contributed by atoms with E-state index in [0.29, 0.717) is 13.0 Å². The number of nitrogens with one attached hydrogen (secondary N) is 1. The fraction of sp³-hybridized carbons (Fsp3) is 0.778. The highest BCUT2D eigenvalue weighted by atomic mass is 16.5. The first-order chi connectivity index (χ1) is 6.46. The van der Waals surface area contributed by atoms with Crippen LogP contribution >= 0.6 is 0 Å². The minimum Gasteiger partial charge on any atom is -0.480 e. The molecule has 0 spiro atoms. The monoisotopic (exact) mass is 203 g/mol. The van der Waals surface area contributed by atoms with Crippen LogP contribution in [-0.2, 0) is 14.3 Å². The van der Waals surface area contributed by atoms with Crippen molar-refractivity contribution in [2.45, 2.75) is 32.7 Å². The van der Waals surface area contributed by atoms with Gasteiger partial charge < -0.3 is 9.84 Å². The number of hydrogen-bond donors (Lipinski definition) is 2. The van der Waals surface area contributed by atoms with Gasteiger partial charge in [-0.2, -0.15) is 0 Å². The largest absolute Gasteiger partial charge is 0.480 e. The molecule has 0 aliphatic rings. The third-order valence-electron chi connectivity index (χ3n) is 2.11. The minimum atomic E-state index is -1.06. The second-order valence-electron chi connectivity index (χ2n) is 3.15. The number of aliphatic carboxylic acids is 1. The SMILES string of the molecule is CCOC(=O)CNC(C)(CC)C(=O)O. The summed E-state index contributed by atoms with van der Waals surface area (Å²) in [4.78, 5) is 21.8. The molecular formula is C9H17NO4. The summed E-state index contributed by atoms with van der Waals surface area (Å²) in [5.41, 5.74) is -1.06. The Morgan fingerprint density at radius 1 is 1.43 bits per heavy atom. The van der Waals surface area contributed by atoms with Crippen LogP contribution in [0.5, 0.6) is 0 Å². The van der Waals surface area contributed by atoms with Crippen molar-refractivity contribution in [3.63, 3.8) is 0 Å². The molecule has 5 heteroatoms. The van der Waals surface area contributed by atoms with Crippen molar-refractivity contribution in [3.05, 3.63) is 0 Å². The van der Waals surface area contributed by atoms with Crippen LogP contribution in [0.15, 0.2) is 0 Å². The third-order valence-corrected chi connectivity index (χ3v) is 2.11. The van der Waals surface area contributed by atoms with Crippen LogP contribution in [0.25, 0.3) is 0 Å². The fourth-order valence-electron chi connectivity index (χ4n) is 0.831. The second kappa shape index (κ2) is 5.59. The van der Waals surface area contributed by atoms with Crippen LogP contribution in [0.4, 0.5) is 0 Å². The predicted octanol–water partition coefficient (Wildman–Crippen LogP) is 0.392. The van der Waals surface area contributed by atoms with Crippen molar-refractivity contribution < 1.29 is 19.4 Å². The second-order valence-corrected chi connectivity index (χ2v) is 3.15. The average molecular weight is 203 g/mol. The summed E-state index contributed by atoms with van der Waals surface area (Å²) in [6, 6.07) is 0. The van der Waals surface area contributed by atoms with E-state index in [2.05, 4.69) is 10.1 Å². The lowest BCUT2D eigenvalue weighted by atomic mass is 9.99. The minimum absolute atomic E-state index is 0.0789. The van der Waals surface area contributed by atoms with Crippen molar-refractivity contribution in [3.8, 4) is 0 Å². The molecule has 2 N–H and O–H groups in total. The lowest BCUT2D eigenvalue weighted by Crippen LogP contribution is -2.50. The molecule has 0 aromatic heterocycles. The summed E-state index contributed by atoms with van der Waals surface area (Å²) in [7, 11) is 0. The quantitative estimate of drug-likeness (QED) is 0.611. The Bertz CT molecular complexity index is 217. The number of esters is 1. The van der Waals surface area contributed by atoms with E-state index in [4.69, 9.17) is 5.11 Å². The Hall–Kier alpha value is -1.10. The Morgan fingerprint density at radius 3 is 2.36 bits per heavy atom. The molecule has 1 atom stereocenters. The zero-order valence-corrected chi connectivity index (χ0v) is 8.79. The zero-order chi connectivity index (χ0) is 11.2. The van der Waals surface area contributed by atoms with Gasteiger partial charge in [0.05, 0.1) is 13.2 Å². The number of carbonyl (C=O) groups excluding carboxylic acids is 1. The van der Waals surface area contributed by atoms with Gasteiger partial charge >= 0.3 is 11.9 Å². The van der Waals surface area contributed by atoms with Crippen molar-refractivity contribution in [1.29, 1.82) is 0 Å². The van der Waals surface area contributed by atoms with Crippen LogP contribution in [0.1, 0.15) is 27.2 Å². The van der Waals surface area contributed by atoms with Gasteiger partial charge in [0.2, 0.25) is 0 Å². The first-order valence-electron chi connectivity index (χ1n) is 4.60. The molecule has 82 valence electrons. The molecule has 0 aromatic carbocycles. The summed E-state index contributed by atoms with van der Waals surface area (Å²) in [5, 5.41) is 11.5. The van der Waals surface area contributed by atoms with Crippen LogP contribution in [0, 0.1) is 0 Å². The van der Waals surface area contributed by atoms with Gasteiger partial charge in [0, 0.05) is 0 Å². The first kappa shape index (κ1) is 12.9. The first-order valence-corrected chi connectivity index (χ1v) is 4.60. The molecule has 0 radical (unpaired) electrons. The smallest absolute Gasteiger partial charge is 0.323 e. The maximum absolute atomic E-state index is 11.0. The molecule has 0 amide bonds. The molecule has 0 aromatic rings. The molecule has 0 aliphatic carbocycles. The summed E-state index contributed by atoms with van der Waals surface area (Å²) in [5.74, 6) is -1.40. The van der Waals surface area contributed by atoms with Crippen LogP contribution in [0.3, 0.4) is 0 Å². The van der Waals surface area contributed by atoms with Crippen molar-refractivity contribution in [1.82, 2.24) is 5.32 Å². The predicted molar refractivity (Wildman–Crippen MR) is 51.0 cm³/mol. The maximum atomic E-state index is 11.0. The van der Waals surface area contributed by atoms with E-state index in [1.165, 1.54) is 6.92 Å². The van der Waals surface area contributed by atoms with E-state index in [1.54, 1.807) is 13.8 Å². The van der Waals surface area contributed by atoms with Crippen LogP contribution in [0.2, 0.25) is 0 Å². The normalized spacial score (nSPS) is 14.5. The van der Waals surface area contributed by atoms with E-state index in [0.717, 1.165) is 0 Å². The highest BCUT2D eigenvalue weighted by Crippen LogP contribution is 2.08. The molecule has 0 saturated carbocycles. The van der Waals surface area contributed by atoms with Crippen LogP contribution in [-0.4, -0.2) is 35.7 Å². The summed E-state index contributed by atoms with van der Waals surface area (Å²) >= 11 is 0. The number of carboxylic acids is 1. The number of ether oxygens (including phenoxy) is 1. The standard InChI is InChI=1S/C9H17NO4/c1-4-9(3,8(12)13)10-6-7(11)14-5-2/h10H,4-6H2,1-3H3,(H,12,13). The molecule has 0 fully saturated rings. The van der Waals surface area contributed by atoms with E-state index < -0.39 is 17.5 Å². The van der Waals surface area contributed by atoms with Crippen molar-refractivity contribution in [2.24, 2.45) is 0 Å². The molecule has 0 aliphatic heterocycles. The summed E-state index contributed by atoms with van der Waals surface area (Å²) < 4.78 is 4.67. The van der Waals surface area contributed by atoms with Gasteiger partial charge in [-0.15, -0.1) is 0 Å². The Labute approximate surface area is 83.4 Å². The third kappa shape index (κ3) is 3.74. The van der Waals surface area contributed by atoms with Gasteiger partial charge in [-0.05, 0) is 20.3 Å². The fourth-order valence-corrected chi connectivity index (χ4v) is 0.831. The number of carbonyl (C=O) groups is 2. The topological polar surface area (TPSA) is 75.6 Å². The van der Waals surface area contributed by atoms with Gasteiger partial charge in [0.1, 0.15) is 5.54 Å². The number of hydrogen-bond acceptors (Lipinski definition) is 4. The van der Waals surface area contributed by atoms with E-state index in [9.17, 15) is 9.59 Å². The zero-order valence-electron chi connectivity index (χ0n) is 8.79. The van der Waals surface area contributed by atoms with E-state index in [-0.39, 0.29) is 6.54 Å². The van der Waals surface area contributed by atoms with Gasteiger partial charge in [0.15, 0.2) is 0 Å². The maximum Gasteiger partial charge on any atom is 0.323 e. The van der Waals surface area contributed by atoms with Crippen molar-refractivity contribution in [2.75, 3.05) is 13.2 Å². The summed E-state index contributed by atoms with van der Waals surface area (Å²) in [6.07, 6.45) is 0.405. The van der Waals surface area contributed by atoms with Gasteiger partial charge in [-0.1, -0.05) is 6.92 Å². The Morgan fingerprint density at radius 2 is 2.00 bits per heavy atom. The molecule has 1 unspecified atom stereocenters. The van der Waals surface area contributed by atoms with Gasteiger partial charge in [-0.25, -0.2) is 0 Å². The molecule has 14 heavy (non-hydrogen) atoms. The molecule has 0 rings (SSSR count). The Balaban J connectivity index is 4.08. The number of rotatable bonds is 6. The molecular weight excluding hydrogens is 186 g/mol. The average Bonchev–Trinajstić information content (AvgIpc) is 2.14. The van der Waals surface area contributed by atoms with Crippen molar-refractivity contribution >= 4 is 11.9 Å². The molecule has 0 saturated heterocycles. The highest BCUT2D eigenvalue weighted by Gasteiger charge is 2.30. The number of carboxylic acid groups (broad SMARTS) is 1. The summed E-state index contributed by atoms with van der Waals surface area (Å²) in [6.45, 7) is 5.20. The lowest BCUT2D eigenvalue weighted by Gasteiger charge is -2.23. The van der Waals surface area contributed by atoms with Gasteiger partial charge in [-0.3, -0.25) is 14.9 Å². The molecule has 0 bridgehead atoms. The lowest BCUT2D eigenvalue weighted by molar-refractivity contribution is -0.146. The van der Waals surface area contributed by atoms with Gasteiger partial charge in [0.25, 0.3) is 0 Å². The Kier molecular flexibility index (Phi) is 5.15. The molecule has 5 nitrogen and oxygen atoms in total. The van der Waals surface area contributed by atoms with E-state index >= 15 is 0 Å². The van der Waals surface area contributed by atoms with E-state index in [1.807, 2.05) is 0 Å².